The molecule has 0 aliphatic carbocycles. The summed E-state index contributed by atoms with van der Waals surface area (Å²) < 4.78 is 24.1. The largest absolute Gasteiger partial charge is 0.495 e. The molecule has 0 atom stereocenters. The summed E-state index contributed by atoms with van der Waals surface area (Å²) >= 11 is 6.08. The summed E-state index contributed by atoms with van der Waals surface area (Å²) in [5.74, 6) is 0.355. The van der Waals surface area contributed by atoms with E-state index in [1.807, 2.05) is 6.92 Å². The second-order valence-corrected chi connectivity index (χ2v) is 6.66. The number of hydrogen-bond acceptors (Lipinski definition) is 6. The van der Waals surface area contributed by atoms with E-state index >= 15 is 0 Å². The van der Waals surface area contributed by atoms with Gasteiger partial charge in [0.05, 0.1) is 25.4 Å². The molecular formula is C20H20ClFN4O3. The lowest BCUT2D eigenvalue weighted by atomic mass is 10.2. The van der Waals surface area contributed by atoms with Crippen LogP contribution in [0.4, 0.5) is 15.9 Å². The van der Waals surface area contributed by atoms with Crippen molar-refractivity contribution < 1.29 is 18.7 Å². The molecule has 0 spiro atoms. The van der Waals surface area contributed by atoms with Gasteiger partial charge in [0, 0.05) is 35.5 Å². The Morgan fingerprint density at radius 1 is 1.14 bits per heavy atom. The van der Waals surface area contributed by atoms with Crippen LogP contribution in [0.25, 0.3) is 10.9 Å². The molecule has 29 heavy (non-hydrogen) atoms. The third kappa shape index (κ3) is 4.65. The van der Waals surface area contributed by atoms with Gasteiger partial charge in [0.25, 0.3) is 0 Å². The van der Waals surface area contributed by atoms with Crippen molar-refractivity contribution >= 4 is 39.9 Å². The van der Waals surface area contributed by atoms with Crippen molar-refractivity contribution in [1.29, 1.82) is 0 Å². The lowest BCUT2D eigenvalue weighted by Gasteiger charge is -2.13. The molecule has 9 heteroatoms. The first-order valence-electron chi connectivity index (χ1n) is 8.79. The standard InChI is InChI=1S/C20H20ClFN4O3/c1-11-6-16(18(29-3)8-13(11)21)26-19(27)4-5-23-20-12-7-17(28-2)14(22)9-15(12)24-10-25-20/h6-10H,4-5H2,1-3H3,(H,26,27)(H,23,24,25). The topological polar surface area (TPSA) is 85.4 Å². The van der Waals surface area contributed by atoms with E-state index in [0.717, 1.165) is 5.56 Å². The Hall–Kier alpha value is -3.13. The number of aromatic nitrogens is 2. The number of hydrogen-bond donors (Lipinski definition) is 2. The number of methoxy groups -OCH3 is 2. The zero-order valence-corrected chi connectivity index (χ0v) is 16.9. The van der Waals surface area contributed by atoms with Gasteiger partial charge in [-0.3, -0.25) is 4.79 Å². The van der Waals surface area contributed by atoms with Gasteiger partial charge in [-0.1, -0.05) is 11.6 Å². The second kappa shape index (κ2) is 8.91. The van der Waals surface area contributed by atoms with Crippen LogP contribution in [0.3, 0.4) is 0 Å². The monoisotopic (exact) mass is 418 g/mol. The lowest BCUT2D eigenvalue weighted by molar-refractivity contribution is -0.116. The number of rotatable bonds is 7. The maximum atomic E-state index is 13.9. The van der Waals surface area contributed by atoms with Crippen LogP contribution in [0.1, 0.15) is 12.0 Å². The number of nitrogens with one attached hydrogen (secondary N) is 2. The Morgan fingerprint density at radius 3 is 2.62 bits per heavy atom. The number of carbonyl (C=O) groups excluding carboxylic acids is 1. The summed E-state index contributed by atoms with van der Waals surface area (Å²) in [4.78, 5) is 20.6. The van der Waals surface area contributed by atoms with Gasteiger partial charge in [0.1, 0.15) is 17.9 Å². The number of ether oxygens (including phenoxy) is 2. The van der Waals surface area contributed by atoms with Gasteiger partial charge in [0.2, 0.25) is 5.91 Å². The first kappa shape index (κ1) is 20.6. The number of benzene rings is 2. The Morgan fingerprint density at radius 2 is 1.90 bits per heavy atom. The maximum Gasteiger partial charge on any atom is 0.226 e. The summed E-state index contributed by atoms with van der Waals surface area (Å²) in [5.41, 5.74) is 1.81. The molecule has 152 valence electrons. The molecule has 0 bridgehead atoms. The van der Waals surface area contributed by atoms with Gasteiger partial charge in [-0.15, -0.1) is 0 Å². The first-order chi connectivity index (χ1) is 13.9. The Balaban J connectivity index is 1.67. The molecule has 0 fully saturated rings. The molecule has 0 saturated carbocycles. The normalized spacial score (nSPS) is 10.7. The molecule has 0 radical (unpaired) electrons. The molecule has 3 rings (SSSR count). The molecule has 2 aromatic carbocycles. The number of amides is 1. The van der Waals surface area contributed by atoms with E-state index in [0.29, 0.717) is 39.7 Å². The third-order valence-electron chi connectivity index (χ3n) is 4.31. The van der Waals surface area contributed by atoms with Crippen LogP contribution < -0.4 is 20.1 Å². The van der Waals surface area contributed by atoms with Gasteiger partial charge >= 0.3 is 0 Å². The van der Waals surface area contributed by atoms with E-state index in [9.17, 15) is 9.18 Å². The highest BCUT2D eigenvalue weighted by Gasteiger charge is 2.12. The van der Waals surface area contributed by atoms with E-state index < -0.39 is 5.82 Å². The molecule has 1 aromatic heterocycles. The van der Waals surface area contributed by atoms with Gasteiger partial charge < -0.3 is 20.1 Å². The molecule has 1 heterocycles. The quantitative estimate of drug-likeness (QED) is 0.598. The van der Waals surface area contributed by atoms with Gasteiger partial charge in [0.15, 0.2) is 11.6 Å². The second-order valence-electron chi connectivity index (χ2n) is 6.25. The molecule has 2 N–H and O–H groups in total. The molecule has 7 nitrogen and oxygen atoms in total. The number of halogens is 2. The Bertz CT molecular complexity index is 1060. The maximum absolute atomic E-state index is 13.9. The molecule has 1 amide bonds. The van der Waals surface area contributed by atoms with Crippen LogP contribution >= 0.6 is 11.6 Å². The molecule has 0 saturated heterocycles. The van der Waals surface area contributed by atoms with Crippen molar-refractivity contribution in [2.75, 3.05) is 31.4 Å². The number of aryl methyl sites for hydroxylation is 1. The first-order valence-corrected chi connectivity index (χ1v) is 9.16. The van der Waals surface area contributed by atoms with E-state index in [1.165, 1.54) is 32.7 Å². The van der Waals surface area contributed by atoms with E-state index in [4.69, 9.17) is 21.1 Å². The molecule has 3 aromatic rings. The van der Waals surface area contributed by atoms with E-state index in [2.05, 4.69) is 20.6 Å². The average Bonchev–Trinajstić information content (AvgIpc) is 2.70. The van der Waals surface area contributed by atoms with Gasteiger partial charge in [-0.25, -0.2) is 14.4 Å². The highest BCUT2D eigenvalue weighted by Crippen LogP contribution is 2.31. The van der Waals surface area contributed by atoms with Crippen molar-refractivity contribution in [3.05, 3.63) is 47.0 Å². The SMILES string of the molecule is COc1cc2c(NCCC(=O)Nc3cc(C)c(Cl)cc3OC)ncnc2cc1F. The summed E-state index contributed by atoms with van der Waals surface area (Å²) in [7, 11) is 2.90. The summed E-state index contributed by atoms with van der Waals surface area (Å²) in [6, 6.07) is 6.22. The van der Waals surface area contributed by atoms with Crippen LogP contribution in [0.5, 0.6) is 11.5 Å². The van der Waals surface area contributed by atoms with Crippen LogP contribution in [0.2, 0.25) is 5.02 Å². The summed E-state index contributed by atoms with van der Waals surface area (Å²) in [5, 5.41) is 7.05. The molecule has 0 aliphatic rings. The third-order valence-corrected chi connectivity index (χ3v) is 4.72. The van der Waals surface area contributed by atoms with Crippen molar-refractivity contribution in [3.8, 4) is 11.5 Å². The average molecular weight is 419 g/mol. The lowest BCUT2D eigenvalue weighted by Crippen LogP contribution is -2.17. The van der Waals surface area contributed by atoms with E-state index in [1.54, 1.807) is 12.1 Å². The van der Waals surface area contributed by atoms with Crippen molar-refractivity contribution in [2.24, 2.45) is 0 Å². The fourth-order valence-electron chi connectivity index (χ4n) is 2.79. The fraction of sp³-hybridized carbons (Fsp3) is 0.250. The Kier molecular flexibility index (Phi) is 6.33. The van der Waals surface area contributed by atoms with Crippen LogP contribution in [0, 0.1) is 12.7 Å². The number of fused-ring (bicyclic) bond motifs is 1. The predicted molar refractivity (Wildman–Crippen MR) is 111 cm³/mol. The van der Waals surface area contributed by atoms with E-state index in [-0.39, 0.29) is 18.1 Å². The minimum atomic E-state index is -0.503. The number of nitrogens with zero attached hydrogens (tertiary/aromatic N) is 2. The van der Waals surface area contributed by atoms with Gasteiger partial charge in [-0.2, -0.15) is 0 Å². The van der Waals surface area contributed by atoms with Crippen molar-refractivity contribution in [1.82, 2.24) is 9.97 Å². The number of carbonyl (C=O) groups is 1. The summed E-state index contributed by atoms with van der Waals surface area (Å²) in [6.45, 7) is 2.16. The minimum absolute atomic E-state index is 0.0956. The minimum Gasteiger partial charge on any atom is -0.495 e. The zero-order valence-electron chi connectivity index (χ0n) is 16.2. The highest BCUT2D eigenvalue weighted by molar-refractivity contribution is 6.31. The highest BCUT2D eigenvalue weighted by atomic mass is 35.5. The van der Waals surface area contributed by atoms with Crippen molar-refractivity contribution in [3.63, 3.8) is 0 Å². The van der Waals surface area contributed by atoms with Crippen LogP contribution in [-0.2, 0) is 4.79 Å². The number of anilines is 2. The smallest absolute Gasteiger partial charge is 0.226 e. The van der Waals surface area contributed by atoms with Crippen molar-refractivity contribution in [2.45, 2.75) is 13.3 Å². The summed E-state index contributed by atoms with van der Waals surface area (Å²) in [6.07, 6.45) is 1.51. The molecule has 0 unspecified atom stereocenters. The fourth-order valence-corrected chi connectivity index (χ4v) is 2.95. The predicted octanol–water partition coefficient (Wildman–Crippen LogP) is 4.19. The molecular weight excluding hydrogens is 399 g/mol. The van der Waals surface area contributed by atoms with Gasteiger partial charge in [-0.05, 0) is 24.6 Å². The molecule has 0 aliphatic heterocycles. The van der Waals surface area contributed by atoms with Crippen LogP contribution in [0.15, 0.2) is 30.6 Å². The zero-order chi connectivity index (χ0) is 21.0. The van der Waals surface area contributed by atoms with Crippen LogP contribution in [-0.4, -0.2) is 36.6 Å². The Labute approximate surface area is 172 Å².